The largest absolute Gasteiger partial charge is 0.497 e. The minimum absolute atomic E-state index is 0.0174. The van der Waals surface area contributed by atoms with E-state index in [1.165, 1.54) is 11.0 Å². The van der Waals surface area contributed by atoms with Crippen LogP contribution < -0.4 is 20.4 Å². The molecule has 0 aliphatic heterocycles. The Morgan fingerprint density at radius 3 is 2.52 bits per heavy atom. The number of halogens is 1. The maximum atomic E-state index is 14.5. The van der Waals surface area contributed by atoms with Crippen LogP contribution in [0, 0.1) is 3.57 Å². The standard InChI is InChI=1S/C40H47IN2O8Si/c1-40(2,52(4,5)48)19-11-20-42-37(45)28-24-32(36(44)35(25-28)50-34-17-9-7-15-31(34)41)43(21-18-26-12-10-14-29(22-26)49-3)38(46)30-23-27-13-6-8-16-33(27)51-39(30)47/h6-10,12-17,22-23,25,32,35-36,44,48H,11,18-21,24H2,1-5H3,(H,42,45)/t32-,35+,36+/m1/s1. The van der Waals surface area contributed by atoms with Gasteiger partial charge in [0.25, 0.3) is 5.91 Å². The van der Waals surface area contributed by atoms with Crippen LogP contribution in [0.3, 0.4) is 0 Å². The summed E-state index contributed by atoms with van der Waals surface area (Å²) in [6.45, 7) is 8.44. The van der Waals surface area contributed by atoms with Crippen molar-refractivity contribution in [3.8, 4) is 11.5 Å². The predicted octanol–water partition coefficient (Wildman–Crippen LogP) is 6.47. The number of carbonyl (C=O) groups is 2. The summed E-state index contributed by atoms with van der Waals surface area (Å²) in [6, 6.07) is 22.3. The molecule has 1 aromatic heterocycles. The molecule has 2 amide bonds. The summed E-state index contributed by atoms with van der Waals surface area (Å²) in [5.41, 5.74) is 0.616. The van der Waals surface area contributed by atoms with Crippen molar-refractivity contribution in [2.45, 2.75) is 75.9 Å². The second-order valence-corrected chi connectivity index (χ2v) is 20.0. The SMILES string of the molecule is COc1cccc(CCN(C(=O)c2cc3ccccc3oc2=O)[C@@H]2CC(C(=O)NCCCC(C)(C)[Si](C)(C)O)=C[C@H](Oc3ccccc3I)[C@H]2O)c1. The highest BCUT2D eigenvalue weighted by molar-refractivity contribution is 14.1. The van der Waals surface area contributed by atoms with E-state index in [0.29, 0.717) is 47.4 Å². The molecule has 5 rings (SSSR count). The van der Waals surface area contributed by atoms with E-state index in [1.54, 1.807) is 43.5 Å². The van der Waals surface area contributed by atoms with Gasteiger partial charge in [-0.3, -0.25) is 9.59 Å². The van der Waals surface area contributed by atoms with Crippen molar-refractivity contribution in [2.75, 3.05) is 20.2 Å². The van der Waals surface area contributed by atoms with Crippen molar-refractivity contribution >= 4 is 53.7 Å². The van der Waals surface area contributed by atoms with Crippen molar-refractivity contribution in [2.24, 2.45) is 0 Å². The molecule has 3 N–H and O–H groups in total. The summed E-state index contributed by atoms with van der Waals surface area (Å²) in [7, 11) is -0.835. The van der Waals surface area contributed by atoms with Crippen molar-refractivity contribution in [1.82, 2.24) is 10.2 Å². The van der Waals surface area contributed by atoms with Crippen LogP contribution in [-0.2, 0) is 11.2 Å². The Morgan fingerprint density at radius 1 is 1.06 bits per heavy atom. The molecule has 1 aliphatic rings. The Morgan fingerprint density at radius 2 is 1.79 bits per heavy atom. The molecule has 0 spiro atoms. The lowest BCUT2D eigenvalue weighted by atomic mass is 9.87. The van der Waals surface area contributed by atoms with Gasteiger partial charge >= 0.3 is 5.63 Å². The maximum Gasteiger partial charge on any atom is 0.349 e. The van der Waals surface area contributed by atoms with E-state index >= 15 is 0 Å². The number of hydrogen-bond acceptors (Lipinski definition) is 8. The molecule has 10 nitrogen and oxygen atoms in total. The Balaban J connectivity index is 1.49. The molecule has 276 valence electrons. The van der Waals surface area contributed by atoms with E-state index in [2.05, 4.69) is 41.8 Å². The normalized spacial score (nSPS) is 17.7. The summed E-state index contributed by atoms with van der Waals surface area (Å²) in [6.07, 6.45) is 1.18. The minimum Gasteiger partial charge on any atom is -0.497 e. The highest BCUT2D eigenvalue weighted by Crippen LogP contribution is 2.39. The number of nitrogens with zero attached hydrogens (tertiary/aromatic N) is 1. The first-order valence-electron chi connectivity index (χ1n) is 17.5. The van der Waals surface area contributed by atoms with Crippen molar-refractivity contribution in [1.29, 1.82) is 0 Å². The highest BCUT2D eigenvalue weighted by atomic mass is 127. The Labute approximate surface area is 319 Å². The fraction of sp³-hybridized carbons (Fsp3) is 0.375. The molecule has 0 radical (unpaired) electrons. The number of amides is 2. The zero-order valence-electron chi connectivity index (χ0n) is 30.2. The number of aliphatic hydroxyl groups excluding tert-OH is 1. The number of methoxy groups -OCH3 is 1. The second kappa shape index (κ2) is 16.8. The lowest BCUT2D eigenvalue weighted by molar-refractivity contribution is -0.118. The van der Waals surface area contributed by atoms with Crippen LogP contribution in [0.5, 0.6) is 11.5 Å². The molecule has 0 fully saturated rings. The molecular formula is C40H47IN2O8Si. The number of rotatable bonds is 14. The number of fused-ring (bicyclic) bond motifs is 1. The van der Waals surface area contributed by atoms with Gasteiger partial charge in [-0.15, -0.1) is 0 Å². The van der Waals surface area contributed by atoms with E-state index in [0.717, 1.165) is 15.6 Å². The molecule has 4 aromatic rings. The summed E-state index contributed by atoms with van der Waals surface area (Å²) in [5.74, 6) is 0.215. The predicted molar refractivity (Wildman–Crippen MR) is 212 cm³/mol. The number of aliphatic hydroxyl groups is 1. The van der Waals surface area contributed by atoms with E-state index in [4.69, 9.17) is 13.9 Å². The Hall–Kier alpha value is -3.98. The van der Waals surface area contributed by atoms with Gasteiger partial charge in [0.15, 0.2) is 8.32 Å². The maximum absolute atomic E-state index is 14.5. The molecular weight excluding hydrogens is 791 g/mol. The number of ether oxygens (including phenoxy) is 2. The average Bonchev–Trinajstić information content (AvgIpc) is 3.11. The zero-order chi connectivity index (χ0) is 37.6. The van der Waals surface area contributed by atoms with Crippen LogP contribution in [-0.4, -0.2) is 73.4 Å². The van der Waals surface area contributed by atoms with Gasteiger partial charge in [0.1, 0.15) is 34.9 Å². The monoisotopic (exact) mass is 838 g/mol. The summed E-state index contributed by atoms with van der Waals surface area (Å²) < 4.78 is 18.1. The molecule has 1 heterocycles. The topological polar surface area (TPSA) is 139 Å². The first kappa shape index (κ1) is 39.2. The van der Waals surface area contributed by atoms with Crippen LogP contribution in [0.1, 0.15) is 49.0 Å². The van der Waals surface area contributed by atoms with Gasteiger partial charge in [-0.05, 0) is 108 Å². The van der Waals surface area contributed by atoms with Crippen LogP contribution in [0.15, 0.2) is 99.7 Å². The van der Waals surface area contributed by atoms with Crippen molar-refractivity contribution in [3.05, 3.63) is 116 Å². The van der Waals surface area contributed by atoms with Crippen LogP contribution >= 0.6 is 22.6 Å². The number of hydrogen-bond donors (Lipinski definition) is 3. The second-order valence-electron chi connectivity index (χ2n) is 14.4. The molecule has 0 unspecified atom stereocenters. The first-order chi connectivity index (χ1) is 24.7. The van der Waals surface area contributed by atoms with Gasteiger partial charge in [0, 0.05) is 30.5 Å². The van der Waals surface area contributed by atoms with E-state index in [-0.39, 0.29) is 29.5 Å². The fourth-order valence-electron chi connectivity index (χ4n) is 6.20. The lowest BCUT2D eigenvalue weighted by Gasteiger charge is -2.40. The van der Waals surface area contributed by atoms with Gasteiger partial charge in [-0.25, -0.2) is 4.79 Å². The molecule has 12 heteroatoms. The van der Waals surface area contributed by atoms with Crippen LogP contribution in [0.25, 0.3) is 11.0 Å². The van der Waals surface area contributed by atoms with Gasteiger partial charge in [-0.1, -0.05) is 56.3 Å². The average molecular weight is 839 g/mol. The lowest BCUT2D eigenvalue weighted by Crippen LogP contribution is -2.56. The number of para-hydroxylation sites is 2. The van der Waals surface area contributed by atoms with Crippen molar-refractivity contribution < 1.29 is 33.4 Å². The van der Waals surface area contributed by atoms with Crippen molar-refractivity contribution in [3.63, 3.8) is 0 Å². The van der Waals surface area contributed by atoms with Crippen LogP contribution in [0.4, 0.5) is 0 Å². The molecule has 1 aliphatic carbocycles. The first-order valence-corrected chi connectivity index (χ1v) is 21.5. The van der Waals surface area contributed by atoms with Gasteiger partial charge in [-0.2, -0.15) is 0 Å². The zero-order valence-corrected chi connectivity index (χ0v) is 33.4. The molecule has 0 bridgehead atoms. The van der Waals surface area contributed by atoms with Gasteiger partial charge < -0.3 is 34.0 Å². The summed E-state index contributed by atoms with van der Waals surface area (Å²) >= 11 is 2.15. The van der Waals surface area contributed by atoms with E-state index < -0.39 is 38.1 Å². The fourth-order valence-corrected chi connectivity index (χ4v) is 7.50. The molecule has 52 heavy (non-hydrogen) atoms. The molecule has 0 saturated carbocycles. The smallest absolute Gasteiger partial charge is 0.349 e. The minimum atomic E-state index is -2.41. The summed E-state index contributed by atoms with van der Waals surface area (Å²) in [4.78, 5) is 53.8. The Kier molecular flexibility index (Phi) is 12.7. The number of nitrogens with one attached hydrogen (secondary N) is 1. The third kappa shape index (κ3) is 9.32. The molecule has 3 aromatic carbocycles. The van der Waals surface area contributed by atoms with E-state index in [9.17, 15) is 24.3 Å². The molecule has 3 atom stereocenters. The third-order valence-corrected chi connectivity index (χ3v) is 14.6. The third-order valence-electron chi connectivity index (χ3n) is 10.1. The Bertz CT molecular complexity index is 1990. The summed E-state index contributed by atoms with van der Waals surface area (Å²) in [5, 5.41) is 15.4. The highest BCUT2D eigenvalue weighted by Gasteiger charge is 2.42. The van der Waals surface area contributed by atoms with Gasteiger partial charge in [0.2, 0.25) is 5.91 Å². The van der Waals surface area contributed by atoms with Crippen LogP contribution in [0.2, 0.25) is 18.1 Å². The van der Waals surface area contributed by atoms with Gasteiger partial charge in [0.05, 0.1) is 16.7 Å². The number of carbonyl (C=O) groups excluding carboxylic acids is 2. The van der Waals surface area contributed by atoms with E-state index in [1.807, 2.05) is 55.6 Å². The quantitative estimate of drug-likeness (QED) is 0.0569. The number of benzene rings is 3. The molecule has 0 saturated heterocycles.